The lowest BCUT2D eigenvalue weighted by atomic mass is 10.2. The van der Waals surface area contributed by atoms with Gasteiger partial charge in [-0.2, -0.15) is 24.9 Å². The maximum absolute atomic E-state index is 12.8. The summed E-state index contributed by atoms with van der Waals surface area (Å²) in [4.78, 5) is 3.82. The molecule has 1 saturated heterocycles. The monoisotopic (exact) mass is 326 g/mol. The molecule has 0 bridgehead atoms. The maximum Gasteiger partial charge on any atom is 0.419 e. The van der Waals surface area contributed by atoms with Gasteiger partial charge < -0.3 is 5.32 Å². The Morgan fingerprint density at radius 3 is 2.82 bits per heavy atom. The second-order valence-corrected chi connectivity index (χ2v) is 5.82. The minimum absolute atomic E-state index is 0.0757. The maximum atomic E-state index is 12.8. The van der Waals surface area contributed by atoms with Crippen molar-refractivity contribution in [1.29, 1.82) is 0 Å². The summed E-state index contributed by atoms with van der Waals surface area (Å²) < 4.78 is 38.7. The molecule has 1 fully saturated rings. The molecular weight excluding hydrogens is 317 g/mol. The lowest BCUT2D eigenvalue weighted by Crippen LogP contribution is -2.22. The Hall–Kier alpha value is -0.430. The molecule has 1 aromatic rings. The summed E-state index contributed by atoms with van der Waals surface area (Å²) in [6.45, 7) is 0. The molecule has 1 N–H and O–H groups in total. The third-order valence-corrected chi connectivity index (χ3v) is 4.03. The van der Waals surface area contributed by atoms with E-state index in [0.717, 1.165) is 24.0 Å². The van der Waals surface area contributed by atoms with Gasteiger partial charge in [0.05, 0.1) is 5.56 Å². The summed E-state index contributed by atoms with van der Waals surface area (Å²) in [6.07, 6.45) is -2.13. The fourth-order valence-corrected chi connectivity index (χ4v) is 3.10. The largest absolute Gasteiger partial charge is 0.419 e. The molecule has 0 saturated carbocycles. The average Bonchev–Trinajstić information content (AvgIpc) is 2.72. The minimum Gasteiger partial charge on any atom is -0.366 e. The van der Waals surface area contributed by atoms with Crippen LogP contribution in [0.1, 0.15) is 12.0 Å². The van der Waals surface area contributed by atoms with Crippen LogP contribution in [0.2, 0.25) is 0 Å². The molecule has 1 unspecified atom stereocenters. The van der Waals surface area contributed by atoms with Crippen LogP contribution in [-0.4, -0.2) is 22.5 Å². The highest BCUT2D eigenvalue weighted by Gasteiger charge is 2.35. The second kappa shape index (κ2) is 5.06. The molecule has 1 aromatic heterocycles. The van der Waals surface area contributed by atoms with E-state index in [1.165, 1.54) is 6.20 Å². The number of thioether (sulfide) groups is 1. The Balaban J connectivity index is 2.25. The summed E-state index contributed by atoms with van der Waals surface area (Å²) >= 11 is 4.74. The summed E-state index contributed by atoms with van der Waals surface area (Å²) in [5, 5.41) is 2.87. The molecule has 2 heterocycles. The third-order valence-electron chi connectivity index (χ3n) is 2.43. The number of halogens is 4. The van der Waals surface area contributed by atoms with Gasteiger partial charge in [0.15, 0.2) is 0 Å². The van der Waals surface area contributed by atoms with E-state index in [-0.39, 0.29) is 11.9 Å². The van der Waals surface area contributed by atoms with Gasteiger partial charge in [0, 0.05) is 22.5 Å². The predicted octanol–water partition coefficient (Wildman–Crippen LogP) is 3.78. The van der Waals surface area contributed by atoms with Gasteiger partial charge in [0.2, 0.25) is 0 Å². The quantitative estimate of drug-likeness (QED) is 0.895. The Morgan fingerprint density at radius 2 is 2.24 bits per heavy atom. The lowest BCUT2D eigenvalue weighted by Gasteiger charge is -2.17. The molecule has 1 atom stereocenters. The Labute approximate surface area is 110 Å². The van der Waals surface area contributed by atoms with Crippen LogP contribution in [0.4, 0.5) is 19.0 Å². The van der Waals surface area contributed by atoms with Gasteiger partial charge in [-0.1, -0.05) is 0 Å². The number of hydrogen-bond donors (Lipinski definition) is 1. The number of aromatic nitrogens is 1. The topological polar surface area (TPSA) is 24.9 Å². The summed E-state index contributed by atoms with van der Waals surface area (Å²) in [6, 6.07) is 1.13. The van der Waals surface area contributed by atoms with Crippen LogP contribution in [0.3, 0.4) is 0 Å². The smallest absolute Gasteiger partial charge is 0.366 e. The molecule has 94 valence electrons. The second-order valence-electron chi connectivity index (χ2n) is 3.75. The molecule has 0 aromatic carbocycles. The number of hydrogen-bond acceptors (Lipinski definition) is 3. The van der Waals surface area contributed by atoms with Crippen LogP contribution in [-0.2, 0) is 6.18 Å². The molecule has 1 aliphatic heterocycles. The van der Waals surface area contributed by atoms with Crippen LogP contribution in [0, 0.1) is 0 Å². The van der Waals surface area contributed by atoms with Gasteiger partial charge in [-0.25, -0.2) is 4.98 Å². The summed E-state index contributed by atoms with van der Waals surface area (Å²) in [5.41, 5.74) is -0.719. The standard InChI is InChI=1S/C10H10BrF3N2S/c11-6-3-8(10(12,13)14)9(15-4-6)16-7-1-2-17-5-7/h3-4,7H,1-2,5H2,(H,15,16). The summed E-state index contributed by atoms with van der Waals surface area (Å²) in [5.74, 6) is 1.73. The third kappa shape index (κ3) is 3.28. The van der Waals surface area contributed by atoms with Crippen molar-refractivity contribution >= 4 is 33.5 Å². The van der Waals surface area contributed by atoms with E-state index in [1.807, 2.05) is 0 Å². The number of nitrogens with one attached hydrogen (secondary N) is 1. The first kappa shape index (κ1) is 13.0. The lowest BCUT2D eigenvalue weighted by molar-refractivity contribution is -0.137. The van der Waals surface area contributed by atoms with Crippen molar-refractivity contribution in [1.82, 2.24) is 4.98 Å². The van der Waals surface area contributed by atoms with Crippen LogP contribution in [0.5, 0.6) is 0 Å². The number of anilines is 1. The van der Waals surface area contributed by atoms with Gasteiger partial charge in [-0.3, -0.25) is 0 Å². The molecule has 0 radical (unpaired) electrons. The fraction of sp³-hybridized carbons (Fsp3) is 0.500. The number of nitrogens with zero attached hydrogens (tertiary/aromatic N) is 1. The summed E-state index contributed by atoms with van der Waals surface area (Å²) in [7, 11) is 0. The van der Waals surface area contributed by atoms with Crippen molar-refractivity contribution in [2.75, 3.05) is 16.8 Å². The highest BCUT2D eigenvalue weighted by atomic mass is 79.9. The van der Waals surface area contributed by atoms with E-state index in [1.54, 1.807) is 11.8 Å². The van der Waals surface area contributed by atoms with Crippen molar-refractivity contribution in [2.45, 2.75) is 18.6 Å². The molecular formula is C10H10BrF3N2S. The Morgan fingerprint density at radius 1 is 1.47 bits per heavy atom. The van der Waals surface area contributed by atoms with Gasteiger partial charge in [0.25, 0.3) is 0 Å². The molecule has 1 aliphatic rings. The SMILES string of the molecule is FC(F)(F)c1cc(Br)cnc1NC1CCSC1. The normalized spacial score (nSPS) is 20.6. The van der Waals surface area contributed by atoms with E-state index in [9.17, 15) is 13.2 Å². The van der Waals surface area contributed by atoms with Gasteiger partial charge >= 0.3 is 6.18 Å². The first-order valence-corrected chi connectivity index (χ1v) is 6.98. The van der Waals surface area contributed by atoms with Crippen LogP contribution < -0.4 is 5.32 Å². The Bertz CT molecular complexity index is 405. The number of rotatable bonds is 2. The van der Waals surface area contributed by atoms with Gasteiger partial charge in [-0.15, -0.1) is 0 Å². The highest BCUT2D eigenvalue weighted by molar-refractivity contribution is 9.10. The van der Waals surface area contributed by atoms with Gasteiger partial charge in [0.1, 0.15) is 5.82 Å². The fourth-order valence-electron chi connectivity index (χ4n) is 1.61. The molecule has 0 spiro atoms. The first-order chi connectivity index (χ1) is 7.97. The first-order valence-electron chi connectivity index (χ1n) is 5.04. The van der Waals surface area contributed by atoms with Crippen LogP contribution in [0.25, 0.3) is 0 Å². The van der Waals surface area contributed by atoms with Crippen molar-refractivity contribution < 1.29 is 13.2 Å². The van der Waals surface area contributed by atoms with E-state index >= 15 is 0 Å². The highest BCUT2D eigenvalue weighted by Crippen LogP contribution is 2.36. The Kier molecular flexibility index (Phi) is 3.87. The molecule has 2 rings (SSSR count). The molecule has 7 heteroatoms. The molecule has 2 nitrogen and oxygen atoms in total. The zero-order valence-electron chi connectivity index (χ0n) is 8.72. The van der Waals surface area contributed by atoms with Crippen molar-refractivity contribution in [2.24, 2.45) is 0 Å². The van der Waals surface area contributed by atoms with Crippen LogP contribution in [0.15, 0.2) is 16.7 Å². The van der Waals surface area contributed by atoms with Crippen molar-refractivity contribution in [3.8, 4) is 0 Å². The van der Waals surface area contributed by atoms with Gasteiger partial charge in [-0.05, 0) is 34.2 Å². The predicted molar refractivity (Wildman–Crippen MR) is 66.3 cm³/mol. The number of pyridine rings is 1. The molecule has 0 aliphatic carbocycles. The number of alkyl halides is 3. The zero-order chi connectivity index (χ0) is 12.5. The van der Waals surface area contributed by atoms with E-state index in [2.05, 4.69) is 26.2 Å². The van der Waals surface area contributed by atoms with E-state index < -0.39 is 11.7 Å². The van der Waals surface area contributed by atoms with E-state index in [0.29, 0.717) is 4.47 Å². The van der Waals surface area contributed by atoms with Crippen LogP contribution >= 0.6 is 27.7 Å². The molecule has 17 heavy (non-hydrogen) atoms. The molecule has 0 amide bonds. The average molecular weight is 327 g/mol. The van der Waals surface area contributed by atoms with Crippen molar-refractivity contribution in [3.05, 3.63) is 22.3 Å². The van der Waals surface area contributed by atoms with E-state index in [4.69, 9.17) is 0 Å². The zero-order valence-corrected chi connectivity index (χ0v) is 11.1. The van der Waals surface area contributed by atoms with Crippen molar-refractivity contribution in [3.63, 3.8) is 0 Å². The minimum atomic E-state index is -4.38.